The van der Waals surface area contributed by atoms with Crippen LogP contribution in [0.2, 0.25) is 0 Å². The van der Waals surface area contributed by atoms with Crippen LogP contribution in [0.4, 0.5) is 4.39 Å². The molecule has 0 fully saturated rings. The number of nitrogens with zero attached hydrogens (tertiary/aromatic N) is 1. The number of likely N-dealkylation sites (N-methyl/N-ethyl adjacent to an activating group) is 1. The smallest absolute Gasteiger partial charge is 0.262 e. The molecular weight excluding hydrogens is 387 g/mol. The summed E-state index contributed by atoms with van der Waals surface area (Å²) < 4.78 is 13.5. The molecule has 0 saturated heterocycles. The summed E-state index contributed by atoms with van der Waals surface area (Å²) in [5.74, 6) is -0.792. The van der Waals surface area contributed by atoms with Gasteiger partial charge in [0.15, 0.2) is 0 Å². The van der Waals surface area contributed by atoms with Gasteiger partial charge in [0.2, 0.25) is 5.91 Å². The quantitative estimate of drug-likeness (QED) is 0.603. The fraction of sp³-hybridized carbons (Fsp3) is 0.217. The summed E-state index contributed by atoms with van der Waals surface area (Å²) in [6.45, 7) is 2.61. The van der Waals surface area contributed by atoms with Gasteiger partial charge in [0.1, 0.15) is 11.9 Å². The Morgan fingerprint density at radius 1 is 1.03 bits per heavy atom. The van der Waals surface area contributed by atoms with E-state index in [0.717, 1.165) is 5.56 Å². The number of hydrogen-bond acceptors (Lipinski definition) is 3. The van der Waals surface area contributed by atoms with Crippen LogP contribution in [-0.4, -0.2) is 29.3 Å². The van der Waals surface area contributed by atoms with Crippen molar-refractivity contribution in [1.82, 2.24) is 10.2 Å². The Bertz CT molecular complexity index is 945. The first-order valence-corrected chi connectivity index (χ1v) is 10.4. The highest BCUT2D eigenvalue weighted by atomic mass is 32.1. The molecular formula is C23H23FN2O2S. The Kier molecular flexibility index (Phi) is 7.14. The number of amides is 2. The molecule has 2 aromatic carbocycles. The summed E-state index contributed by atoms with van der Waals surface area (Å²) in [6, 6.07) is 18.6. The summed E-state index contributed by atoms with van der Waals surface area (Å²) in [5.41, 5.74) is 1.67. The lowest BCUT2D eigenvalue weighted by Crippen LogP contribution is -2.49. The molecule has 0 spiro atoms. The van der Waals surface area contributed by atoms with Crippen molar-refractivity contribution in [3.05, 3.63) is 93.9 Å². The molecule has 3 aromatic rings. The van der Waals surface area contributed by atoms with Crippen LogP contribution in [0, 0.1) is 5.82 Å². The molecule has 1 aromatic heterocycles. The van der Waals surface area contributed by atoms with Crippen LogP contribution in [-0.2, 0) is 17.8 Å². The molecule has 1 N–H and O–H groups in total. The molecule has 6 heteroatoms. The van der Waals surface area contributed by atoms with Gasteiger partial charge in [-0.3, -0.25) is 9.59 Å². The van der Waals surface area contributed by atoms with E-state index in [1.165, 1.54) is 23.5 Å². The number of benzene rings is 2. The van der Waals surface area contributed by atoms with E-state index in [2.05, 4.69) is 5.32 Å². The number of rotatable bonds is 8. The highest BCUT2D eigenvalue weighted by molar-refractivity contribution is 7.12. The number of carbonyl (C=O) groups is 2. The first-order chi connectivity index (χ1) is 14.1. The third-order valence-electron chi connectivity index (χ3n) is 4.59. The topological polar surface area (TPSA) is 49.4 Å². The second-order valence-electron chi connectivity index (χ2n) is 6.68. The van der Waals surface area contributed by atoms with Gasteiger partial charge in [-0.1, -0.05) is 48.5 Å². The van der Waals surface area contributed by atoms with E-state index in [9.17, 15) is 14.0 Å². The minimum atomic E-state index is -0.708. The minimum absolute atomic E-state index is 0.189. The summed E-state index contributed by atoms with van der Waals surface area (Å²) in [5, 5.41) is 4.71. The lowest BCUT2D eigenvalue weighted by molar-refractivity contribution is -0.133. The van der Waals surface area contributed by atoms with Crippen LogP contribution < -0.4 is 5.32 Å². The number of thiophene rings is 1. The van der Waals surface area contributed by atoms with Crippen LogP contribution >= 0.6 is 11.3 Å². The Labute approximate surface area is 174 Å². The molecule has 0 saturated carbocycles. The van der Waals surface area contributed by atoms with Crippen LogP contribution in [0.3, 0.4) is 0 Å². The van der Waals surface area contributed by atoms with Gasteiger partial charge in [0.25, 0.3) is 5.91 Å². The van der Waals surface area contributed by atoms with E-state index in [4.69, 9.17) is 0 Å². The zero-order valence-corrected chi connectivity index (χ0v) is 17.0. The van der Waals surface area contributed by atoms with Gasteiger partial charge in [-0.15, -0.1) is 11.3 Å². The normalized spacial score (nSPS) is 11.7. The molecule has 0 aliphatic carbocycles. The van der Waals surface area contributed by atoms with E-state index >= 15 is 0 Å². The van der Waals surface area contributed by atoms with Crippen molar-refractivity contribution in [2.24, 2.45) is 0 Å². The maximum Gasteiger partial charge on any atom is 0.262 e. The summed E-state index contributed by atoms with van der Waals surface area (Å²) >= 11 is 1.33. The van der Waals surface area contributed by atoms with Crippen molar-refractivity contribution >= 4 is 23.2 Å². The van der Waals surface area contributed by atoms with Crippen LogP contribution in [0.5, 0.6) is 0 Å². The maximum absolute atomic E-state index is 13.5. The number of hydrogen-bond donors (Lipinski definition) is 1. The van der Waals surface area contributed by atoms with Gasteiger partial charge >= 0.3 is 0 Å². The number of halogens is 1. The fourth-order valence-electron chi connectivity index (χ4n) is 3.11. The second-order valence-corrected chi connectivity index (χ2v) is 7.62. The van der Waals surface area contributed by atoms with Crippen molar-refractivity contribution in [1.29, 1.82) is 0 Å². The van der Waals surface area contributed by atoms with Gasteiger partial charge in [0, 0.05) is 19.5 Å². The van der Waals surface area contributed by atoms with Crippen molar-refractivity contribution in [2.75, 3.05) is 6.54 Å². The van der Waals surface area contributed by atoms with E-state index in [0.29, 0.717) is 23.4 Å². The molecule has 3 rings (SSSR count). The van der Waals surface area contributed by atoms with Crippen LogP contribution in [0.25, 0.3) is 0 Å². The van der Waals surface area contributed by atoms with Crippen molar-refractivity contribution in [2.45, 2.75) is 25.9 Å². The molecule has 150 valence electrons. The monoisotopic (exact) mass is 410 g/mol. The average molecular weight is 411 g/mol. The van der Waals surface area contributed by atoms with Crippen molar-refractivity contribution < 1.29 is 14.0 Å². The molecule has 0 bridgehead atoms. The molecule has 2 amide bonds. The zero-order chi connectivity index (χ0) is 20.6. The van der Waals surface area contributed by atoms with Gasteiger partial charge < -0.3 is 10.2 Å². The van der Waals surface area contributed by atoms with E-state index < -0.39 is 6.04 Å². The third kappa shape index (κ3) is 5.74. The zero-order valence-electron chi connectivity index (χ0n) is 16.2. The van der Waals surface area contributed by atoms with E-state index in [1.54, 1.807) is 29.2 Å². The predicted octanol–water partition coefficient (Wildman–Crippen LogP) is 4.28. The van der Waals surface area contributed by atoms with Gasteiger partial charge in [-0.25, -0.2) is 4.39 Å². The molecule has 29 heavy (non-hydrogen) atoms. The highest BCUT2D eigenvalue weighted by Crippen LogP contribution is 2.13. The first kappa shape index (κ1) is 20.7. The molecule has 0 unspecified atom stereocenters. The summed E-state index contributed by atoms with van der Waals surface area (Å²) in [4.78, 5) is 28.1. The van der Waals surface area contributed by atoms with E-state index in [-0.39, 0.29) is 24.2 Å². The van der Waals surface area contributed by atoms with Gasteiger partial charge in [0.05, 0.1) is 4.88 Å². The third-order valence-corrected chi connectivity index (χ3v) is 5.46. The van der Waals surface area contributed by atoms with Crippen LogP contribution in [0.1, 0.15) is 27.7 Å². The first-order valence-electron chi connectivity index (χ1n) is 9.48. The van der Waals surface area contributed by atoms with Gasteiger partial charge in [-0.05, 0) is 41.6 Å². The Balaban J connectivity index is 1.80. The van der Waals surface area contributed by atoms with Crippen molar-refractivity contribution in [3.8, 4) is 0 Å². The lowest BCUT2D eigenvalue weighted by atomic mass is 10.0. The molecule has 0 aliphatic heterocycles. The average Bonchev–Trinajstić information content (AvgIpc) is 3.27. The number of nitrogens with one attached hydrogen (secondary N) is 1. The molecule has 0 radical (unpaired) electrons. The number of carbonyl (C=O) groups excluding carboxylic acids is 2. The maximum atomic E-state index is 13.5. The van der Waals surface area contributed by atoms with E-state index in [1.807, 2.05) is 42.6 Å². The molecule has 0 aliphatic rings. The minimum Gasteiger partial charge on any atom is -0.339 e. The fourth-order valence-corrected chi connectivity index (χ4v) is 3.74. The SMILES string of the molecule is CCN(Cc1cccc(F)c1)C(=O)[C@H](Cc1ccccc1)NC(=O)c1cccs1. The molecule has 1 atom stereocenters. The Hall–Kier alpha value is -2.99. The summed E-state index contributed by atoms with van der Waals surface area (Å²) in [6.07, 6.45) is 0.385. The largest absolute Gasteiger partial charge is 0.339 e. The molecule has 1 heterocycles. The van der Waals surface area contributed by atoms with Gasteiger partial charge in [-0.2, -0.15) is 0 Å². The summed E-state index contributed by atoms with van der Waals surface area (Å²) in [7, 11) is 0. The van der Waals surface area contributed by atoms with Crippen LogP contribution in [0.15, 0.2) is 72.1 Å². The molecule has 4 nitrogen and oxygen atoms in total. The standard InChI is InChI=1S/C23H23FN2O2S/c1-2-26(16-18-10-6-11-19(24)14-18)23(28)20(15-17-8-4-3-5-9-17)25-22(27)21-12-7-13-29-21/h3-14,20H,2,15-16H2,1H3,(H,25,27)/t20-/m0/s1. The van der Waals surface area contributed by atoms with Crippen molar-refractivity contribution in [3.63, 3.8) is 0 Å². The Morgan fingerprint density at radius 2 is 1.79 bits per heavy atom. The lowest BCUT2D eigenvalue weighted by Gasteiger charge is -2.27. The predicted molar refractivity (Wildman–Crippen MR) is 113 cm³/mol. The highest BCUT2D eigenvalue weighted by Gasteiger charge is 2.26. The second kappa shape index (κ2) is 9.98. The Morgan fingerprint density at radius 3 is 2.45 bits per heavy atom.